The van der Waals surface area contributed by atoms with E-state index in [9.17, 15) is 0 Å². The van der Waals surface area contributed by atoms with Gasteiger partial charge >= 0.3 is 0 Å². The zero-order valence-electron chi connectivity index (χ0n) is 37.5. The van der Waals surface area contributed by atoms with E-state index in [2.05, 4.69) is 254 Å². The van der Waals surface area contributed by atoms with Gasteiger partial charge < -0.3 is 9.32 Å². The van der Waals surface area contributed by atoms with Crippen molar-refractivity contribution in [1.82, 2.24) is 0 Å². The average molecular weight is 876 g/mol. The fourth-order valence-electron chi connectivity index (χ4n) is 12.3. The summed E-state index contributed by atoms with van der Waals surface area (Å²) in [5.41, 5.74) is 19.4. The molecule has 0 saturated heterocycles. The molecule has 15 rings (SSSR count). The van der Waals surface area contributed by atoms with E-state index < -0.39 is 5.41 Å². The molecule has 0 atom stereocenters. The lowest BCUT2D eigenvalue weighted by molar-refractivity contribution is 0.670. The summed E-state index contributed by atoms with van der Waals surface area (Å²) in [5.74, 6) is 0. The standard InChI is InChI=1S/C67H41NO/c1-2-17-45-41-64-57(40-44(45)16-1)55-24-13-23-54(66(55)69-64)53-21-8-12-29-62(53)68(48-36-33-42(34-37-48)46-35-38-50-47(39-46)32-31-43-15-3-4-18-49(43)50)63-30-14-28-61-65(63)56-22-7-11-27-60(56)67(61)58-25-9-5-19-51(58)52-20-6-10-26-59(52)67/h1-41H. The van der Waals surface area contributed by atoms with Gasteiger partial charge in [0.15, 0.2) is 0 Å². The monoisotopic (exact) mass is 875 g/mol. The molecular formula is C67H41NO. The minimum absolute atomic E-state index is 0.477. The third-order valence-electron chi connectivity index (χ3n) is 15.2. The van der Waals surface area contributed by atoms with Gasteiger partial charge in [0.1, 0.15) is 11.2 Å². The van der Waals surface area contributed by atoms with E-state index in [-0.39, 0.29) is 0 Å². The van der Waals surface area contributed by atoms with Crippen LogP contribution in [0.4, 0.5) is 17.1 Å². The van der Waals surface area contributed by atoms with Crippen molar-refractivity contribution in [2.24, 2.45) is 0 Å². The Hall–Kier alpha value is -8.98. The molecule has 1 heterocycles. The van der Waals surface area contributed by atoms with E-state index in [1.165, 1.54) is 88.0 Å². The first kappa shape index (κ1) is 38.2. The fraction of sp³-hybridized carbons (Fsp3) is 0.0149. The number of rotatable bonds is 5. The highest BCUT2D eigenvalue weighted by molar-refractivity contribution is 6.15. The maximum Gasteiger partial charge on any atom is 0.143 e. The number of hydrogen-bond acceptors (Lipinski definition) is 2. The van der Waals surface area contributed by atoms with Crippen molar-refractivity contribution in [3.8, 4) is 44.5 Å². The lowest BCUT2D eigenvalue weighted by atomic mass is 9.70. The summed E-state index contributed by atoms with van der Waals surface area (Å²) < 4.78 is 6.94. The quantitative estimate of drug-likeness (QED) is 0.160. The highest BCUT2D eigenvalue weighted by atomic mass is 16.3. The van der Waals surface area contributed by atoms with Crippen molar-refractivity contribution < 1.29 is 4.42 Å². The van der Waals surface area contributed by atoms with Crippen molar-refractivity contribution >= 4 is 71.3 Å². The van der Waals surface area contributed by atoms with Crippen LogP contribution in [0, 0.1) is 0 Å². The second-order valence-electron chi connectivity index (χ2n) is 18.7. The normalized spacial score (nSPS) is 13.0. The van der Waals surface area contributed by atoms with E-state index in [1.807, 2.05) is 0 Å². The Morgan fingerprint density at radius 3 is 1.62 bits per heavy atom. The molecule has 0 saturated carbocycles. The van der Waals surface area contributed by atoms with Gasteiger partial charge in [-0.2, -0.15) is 0 Å². The van der Waals surface area contributed by atoms with Crippen molar-refractivity contribution in [3.63, 3.8) is 0 Å². The van der Waals surface area contributed by atoms with Crippen LogP contribution < -0.4 is 4.90 Å². The summed E-state index contributed by atoms with van der Waals surface area (Å²) in [7, 11) is 0. The molecule has 2 nitrogen and oxygen atoms in total. The van der Waals surface area contributed by atoms with Crippen LogP contribution >= 0.6 is 0 Å². The first-order chi connectivity index (χ1) is 34.2. The number of nitrogens with zero attached hydrogens (tertiary/aromatic N) is 1. The first-order valence-electron chi connectivity index (χ1n) is 23.9. The molecule has 12 aromatic carbocycles. The van der Waals surface area contributed by atoms with Gasteiger partial charge in [-0.3, -0.25) is 0 Å². The molecule has 69 heavy (non-hydrogen) atoms. The average Bonchev–Trinajstić information content (AvgIpc) is 4.04. The molecule has 0 bridgehead atoms. The van der Waals surface area contributed by atoms with Crippen LogP contribution in [-0.2, 0) is 5.41 Å². The topological polar surface area (TPSA) is 16.4 Å². The highest BCUT2D eigenvalue weighted by Gasteiger charge is 2.52. The van der Waals surface area contributed by atoms with Gasteiger partial charge in [0.2, 0.25) is 0 Å². The molecule has 13 aromatic rings. The predicted octanol–water partition coefficient (Wildman–Crippen LogP) is 18.2. The maximum absolute atomic E-state index is 6.94. The summed E-state index contributed by atoms with van der Waals surface area (Å²) in [6, 6.07) is 91.9. The molecule has 2 heteroatoms. The molecule has 1 spiro atoms. The molecule has 1 aromatic heterocycles. The van der Waals surface area contributed by atoms with Crippen LogP contribution in [0.2, 0.25) is 0 Å². The van der Waals surface area contributed by atoms with Crippen molar-refractivity contribution in [3.05, 3.63) is 271 Å². The van der Waals surface area contributed by atoms with Crippen LogP contribution in [0.15, 0.2) is 253 Å². The van der Waals surface area contributed by atoms with E-state index in [0.717, 1.165) is 50.1 Å². The lowest BCUT2D eigenvalue weighted by Gasteiger charge is -2.32. The van der Waals surface area contributed by atoms with Crippen LogP contribution in [0.5, 0.6) is 0 Å². The maximum atomic E-state index is 6.94. The van der Waals surface area contributed by atoms with Crippen LogP contribution in [0.3, 0.4) is 0 Å². The largest absolute Gasteiger partial charge is 0.455 e. The van der Waals surface area contributed by atoms with Gasteiger partial charge in [0.25, 0.3) is 0 Å². The number of benzene rings is 12. The summed E-state index contributed by atoms with van der Waals surface area (Å²) in [5, 5.41) is 9.65. The minimum atomic E-state index is -0.477. The first-order valence-corrected chi connectivity index (χ1v) is 23.9. The van der Waals surface area contributed by atoms with Gasteiger partial charge in [-0.05, 0) is 125 Å². The number of fused-ring (bicyclic) bond motifs is 17. The third-order valence-corrected chi connectivity index (χ3v) is 15.2. The van der Waals surface area contributed by atoms with Crippen molar-refractivity contribution in [2.45, 2.75) is 5.41 Å². The van der Waals surface area contributed by atoms with Crippen LogP contribution in [-0.4, -0.2) is 0 Å². The number of para-hydroxylation sites is 2. The molecule has 0 amide bonds. The van der Waals surface area contributed by atoms with Gasteiger partial charge in [0, 0.05) is 33.2 Å². The Bertz CT molecular complexity index is 4220. The van der Waals surface area contributed by atoms with Crippen molar-refractivity contribution in [2.75, 3.05) is 4.90 Å². The Labute approximate surface area is 399 Å². The molecule has 0 fully saturated rings. The number of anilines is 3. The molecule has 320 valence electrons. The summed E-state index contributed by atoms with van der Waals surface area (Å²) in [6.45, 7) is 0. The summed E-state index contributed by atoms with van der Waals surface area (Å²) in [4.78, 5) is 2.50. The molecule has 0 N–H and O–H groups in total. The Balaban J connectivity index is 0.970. The van der Waals surface area contributed by atoms with Gasteiger partial charge in [-0.15, -0.1) is 0 Å². The summed E-state index contributed by atoms with van der Waals surface area (Å²) >= 11 is 0. The Morgan fingerprint density at radius 1 is 0.304 bits per heavy atom. The van der Waals surface area contributed by atoms with Crippen LogP contribution in [0.25, 0.3) is 98.8 Å². The second-order valence-corrected chi connectivity index (χ2v) is 18.7. The van der Waals surface area contributed by atoms with Gasteiger partial charge in [-0.1, -0.05) is 206 Å². The lowest BCUT2D eigenvalue weighted by Crippen LogP contribution is -2.26. The van der Waals surface area contributed by atoms with E-state index in [0.29, 0.717) is 0 Å². The molecule has 0 radical (unpaired) electrons. The molecular weight excluding hydrogens is 835 g/mol. The highest BCUT2D eigenvalue weighted by Crippen LogP contribution is 2.65. The van der Waals surface area contributed by atoms with E-state index >= 15 is 0 Å². The zero-order valence-corrected chi connectivity index (χ0v) is 37.5. The van der Waals surface area contributed by atoms with Crippen LogP contribution in [0.1, 0.15) is 22.3 Å². The number of hydrogen-bond donors (Lipinski definition) is 0. The zero-order chi connectivity index (χ0) is 45.2. The Kier molecular flexibility index (Phi) is 8.02. The molecule has 2 aliphatic carbocycles. The second kappa shape index (κ2) is 14.5. The summed E-state index contributed by atoms with van der Waals surface area (Å²) in [6.07, 6.45) is 0. The van der Waals surface area contributed by atoms with Crippen molar-refractivity contribution in [1.29, 1.82) is 0 Å². The van der Waals surface area contributed by atoms with Gasteiger partial charge in [-0.25, -0.2) is 0 Å². The van der Waals surface area contributed by atoms with Gasteiger partial charge in [0.05, 0.1) is 16.8 Å². The number of furan rings is 1. The Morgan fingerprint density at radius 2 is 0.841 bits per heavy atom. The molecule has 0 unspecified atom stereocenters. The minimum Gasteiger partial charge on any atom is -0.455 e. The fourth-order valence-corrected chi connectivity index (χ4v) is 12.3. The SMILES string of the molecule is c1ccc(N(c2ccc(-c3ccc4c(ccc5ccccc54)c3)cc2)c2cccc3c2-c2ccccc2C32c3ccccc3-c3ccccc32)c(-c2cccc3c2oc2cc4ccccc4cc23)c1. The molecule has 0 aliphatic heterocycles. The smallest absolute Gasteiger partial charge is 0.143 e. The third kappa shape index (κ3) is 5.37. The molecule has 2 aliphatic rings. The predicted molar refractivity (Wildman–Crippen MR) is 288 cm³/mol. The van der Waals surface area contributed by atoms with E-state index in [4.69, 9.17) is 4.42 Å². The van der Waals surface area contributed by atoms with E-state index in [1.54, 1.807) is 0 Å².